The van der Waals surface area contributed by atoms with Gasteiger partial charge in [-0.2, -0.15) is 0 Å². The lowest BCUT2D eigenvalue weighted by molar-refractivity contribution is 0.0750. The van der Waals surface area contributed by atoms with Gasteiger partial charge in [-0.3, -0.25) is 0 Å². The number of nitrogens with one attached hydrogen (secondary N) is 1. The molecule has 0 spiro atoms. The first-order chi connectivity index (χ1) is 6.58. The predicted octanol–water partition coefficient (Wildman–Crippen LogP) is 1.96. The van der Waals surface area contributed by atoms with Crippen LogP contribution >= 0.6 is 0 Å². The van der Waals surface area contributed by atoms with Crippen LogP contribution in [0.3, 0.4) is 0 Å². The highest BCUT2D eigenvalue weighted by Crippen LogP contribution is 2.40. The molecule has 2 nitrogen and oxygen atoms in total. The topological polar surface area (TPSA) is 15.3 Å². The molecule has 0 aromatic rings. The van der Waals surface area contributed by atoms with Crippen LogP contribution in [0.15, 0.2) is 0 Å². The van der Waals surface area contributed by atoms with Crippen LogP contribution in [-0.2, 0) is 0 Å². The third kappa shape index (κ3) is 3.25. The third-order valence-electron chi connectivity index (χ3n) is 3.25. The molecule has 1 saturated carbocycles. The molecule has 2 heteroatoms. The van der Waals surface area contributed by atoms with Crippen LogP contribution in [-0.4, -0.2) is 38.6 Å². The van der Waals surface area contributed by atoms with Crippen LogP contribution in [0.25, 0.3) is 0 Å². The average molecular weight is 198 g/mol. The van der Waals surface area contributed by atoms with Crippen LogP contribution in [0.4, 0.5) is 0 Å². The van der Waals surface area contributed by atoms with Gasteiger partial charge in [0.05, 0.1) is 0 Å². The Morgan fingerprint density at radius 2 is 2.00 bits per heavy atom. The molecule has 0 amide bonds. The summed E-state index contributed by atoms with van der Waals surface area (Å²) in [6.45, 7) is 8.27. The molecule has 1 rings (SSSR count). The van der Waals surface area contributed by atoms with E-state index in [0.717, 1.165) is 5.92 Å². The van der Waals surface area contributed by atoms with Crippen molar-refractivity contribution < 1.29 is 0 Å². The summed E-state index contributed by atoms with van der Waals surface area (Å²) in [5, 5.41) is 3.34. The maximum atomic E-state index is 3.34. The van der Waals surface area contributed by atoms with Gasteiger partial charge in [-0.1, -0.05) is 20.3 Å². The van der Waals surface area contributed by atoms with Gasteiger partial charge in [-0.15, -0.1) is 0 Å². The molecule has 84 valence electrons. The lowest BCUT2D eigenvalue weighted by Gasteiger charge is -2.44. The van der Waals surface area contributed by atoms with Crippen molar-refractivity contribution in [3.8, 4) is 0 Å². The Labute approximate surface area is 89.1 Å². The van der Waals surface area contributed by atoms with Gasteiger partial charge < -0.3 is 10.2 Å². The monoisotopic (exact) mass is 198 g/mol. The lowest BCUT2D eigenvalue weighted by Crippen LogP contribution is -2.47. The van der Waals surface area contributed by atoms with Gasteiger partial charge in [0.25, 0.3) is 0 Å². The highest BCUT2D eigenvalue weighted by atomic mass is 15.1. The minimum atomic E-state index is 0.596. The molecule has 1 N–H and O–H groups in total. The van der Waals surface area contributed by atoms with Crippen molar-refractivity contribution in [2.75, 3.05) is 33.7 Å². The summed E-state index contributed by atoms with van der Waals surface area (Å²) in [7, 11) is 4.33. The van der Waals surface area contributed by atoms with Crippen molar-refractivity contribution in [3.63, 3.8) is 0 Å². The number of rotatable bonds is 6. The van der Waals surface area contributed by atoms with E-state index >= 15 is 0 Å². The molecule has 14 heavy (non-hydrogen) atoms. The standard InChI is InChI=1S/C12H26N2/c1-11(2)8-14(4)10-12(9-13-3)6-5-7-12/h11,13H,5-10H2,1-4H3. The number of hydrogen-bond donors (Lipinski definition) is 1. The van der Waals surface area contributed by atoms with Gasteiger partial charge in [-0.25, -0.2) is 0 Å². The van der Waals surface area contributed by atoms with Crippen molar-refractivity contribution in [3.05, 3.63) is 0 Å². The molecule has 0 unspecified atom stereocenters. The van der Waals surface area contributed by atoms with Crippen LogP contribution in [0, 0.1) is 11.3 Å². The van der Waals surface area contributed by atoms with E-state index in [1.54, 1.807) is 0 Å². The van der Waals surface area contributed by atoms with Crippen LogP contribution < -0.4 is 5.32 Å². The second-order valence-corrected chi connectivity index (χ2v) is 5.47. The Kier molecular flexibility index (Phi) is 4.39. The second-order valence-electron chi connectivity index (χ2n) is 5.47. The molecule has 1 fully saturated rings. The van der Waals surface area contributed by atoms with E-state index < -0.39 is 0 Å². The molecular weight excluding hydrogens is 172 g/mol. The smallest absolute Gasteiger partial charge is 0.00472 e. The second kappa shape index (κ2) is 5.13. The van der Waals surface area contributed by atoms with E-state index in [0.29, 0.717) is 5.41 Å². The third-order valence-corrected chi connectivity index (χ3v) is 3.25. The van der Waals surface area contributed by atoms with Gasteiger partial charge in [0.1, 0.15) is 0 Å². The summed E-state index contributed by atoms with van der Waals surface area (Å²) in [5.41, 5.74) is 0.596. The van der Waals surface area contributed by atoms with E-state index in [1.807, 2.05) is 0 Å². The Bertz CT molecular complexity index is 162. The Balaban J connectivity index is 2.32. The highest BCUT2D eigenvalue weighted by Gasteiger charge is 2.36. The quantitative estimate of drug-likeness (QED) is 0.702. The fourth-order valence-electron chi connectivity index (χ4n) is 2.70. The summed E-state index contributed by atoms with van der Waals surface area (Å²) in [4.78, 5) is 2.50. The van der Waals surface area contributed by atoms with Crippen molar-refractivity contribution in [1.29, 1.82) is 0 Å². The highest BCUT2D eigenvalue weighted by molar-refractivity contribution is 4.91. The summed E-state index contributed by atoms with van der Waals surface area (Å²) in [5.74, 6) is 0.784. The molecule has 0 aliphatic heterocycles. The fourth-order valence-corrected chi connectivity index (χ4v) is 2.70. The SMILES string of the molecule is CNCC1(CN(C)CC(C)C)CCC1. The summed E-state index contributed by atoms with van der Waals surface area (Å²) < 4.78 is 0. The van der Waals surface area contributed by atoms with Crippen molar-refractivity contribution >= 4 is 0 Å². The fraction of sp³-hybridized carbons (Fsp3) is 1.00. The van der Waals surface area contributed by atoms with E-state index in [2.05, 4.69) is 38.2 Å². The van der Waals surface area contributed by atoms with E-state index in [1.165, 1.54) is 38.9 Å². The zero-order chi connectivity index (χ0) is 10.6. The molecule has 0 aromatic heterocycles. The van der Waals surface area contributed by atoms with Gasteiger partial charge in [0.15, 0.2) is 0 Å². The molecule has 1 aliphatic rings. The van der Waals surface area contributed by atoms with Gasteiger partial charge in [-0.05, 0) is 38.3 Å². The maximum absolute atomic E-state index is 3.34. The Hall–Kier alpha value is -0.0800. The van der Waals surface area contributed by atoms with Crippen LogP contribution in [0.2, 0.25) is 0 Å². The van der Waals surface area contributed by atoms with Gasteiger partial charge in [0, 0.05) is 19.6 Å². The van der Waals surface area contributed by atoms with Crippen LogP contribution in [0.5, 0.6) is 0 Å². The van der Waals surface area contributed by atoms with Crippen molar-refractivity contribution in [2.45, 2.75) is 33.1 Å². The molecule has 0 aromatic carbocycles. The number of hydrogen-bond acceptors (Lipinski definition) is 2. The van der Waals surface area contributed by atoms with Gasteiger partial charge in [0.2, 0.25) is 0 Å². The maximum Gasteiger partial charge on any atom is 0.00472 e. The van der Waals surface area contributed by atoms with Crippen molar-refractivity contribution in [2.24, 2.45) is 11.3 Å². The molecular formula is C12H26N2. The molecule has 1 aliphatic carbocycles. The molecule has 0 radical (unpaired) electrons. The zero-order valence-electron chi connectivity index (χ0n) is 10.3. The van der Waals surface area contributed by atoms with Gasteiger partial charge >= 0.3 is 0 Å². The summed E-state index contributed by atoms with van der Waals surface area (Å²) in [6.07, 6.45) is 4.25. The number of nitrogens with zero attached hydrogens (tertiary/aromatic N) is 1. The lowest BCUT2D eigenvalue weighted by atomic mass is 9.68. The summed E-state index contributed by atoms with van der Waals surface area (Å²) in [6, 6.07) is 0. The van der Waals surface area contributed by atoms with Crippen LogP contribution in [0.1, 0.15) is 33.1 Å². The first kappa shape index (κ1) is 12.0. The Morgan fingerprint density at radius 1 is 1.36 bits per heavy atom. The molecule has 0 atom stereocenters. The van der Waals surface area contributed by atoms with E-state index in [-0.39, 0.29) is 0 Å². The first-order valence-electron chi connectivity index (χ1n) is 5.91. The summed E-state index contributed by atoms with van der Waals surface area (Å²) >= 11 is 0. The minimum absolute atomic E-state index is 0.596. The molecule has 0 heterocycles. The van der Waals surface area contributed by atoms with Crippen molar-refractivity contribution in [1.82, 2.24) is 10.2 Å². The largest absolute Gasteiger partial charge is 0.319 e. The average Bonchev–Trinajstić information content (AvgIpc) is 1.99. The molecule has 0 saturated heterocycles. The predicted molar refractivity (Wildman–Crippen MR) is 62.5 cm³/mol. The molecule has 0 bridgehead atoms. The normalized spacial score (nSPS) is 20.1. The van der Waals surface area contributed by atoms with E-state index in [4.69, 9.17) is 0 Å². The Morgan fingerprint density at radius 3 is 2.36 bits per heavy atom. The van der Waals surface area contributed by atoms with E-state index in [9.17, 15) is 0 Å². The first-order valence-corrected chi connectivity index (χ1v) is 5.91. The minimum Gasteiger partial charge on any atom is -0.319 e. The zero-order valence-corrected chi connectivity index (χ0v) is 10.3.